The van der Waals surface area contributed by atoms with Gasteiger partial charge in [-0.25, -0.2) is 8.42 Å². The minimum absolute atomic E-state index is 0.0243. The highest BCUT2D eigenvalue weighted by Crippen LogP contribution is 2.29. The Hall–Kier alpha value is -1.64. The highest BCUT2D eigenvalue weighted by molar-refractivity contribution is 7.89. The molecule has 8 heteroatoms. The van der Waals surface area contributed by atoms with Crippen molar-refractivity contribution in [1.82, 2.24) is 9.62 Å². The Kier molecular flexibility index (Phi) is 6.39. The number of methoxy groups -OCH3 is 1. The van der Waals surface area contributed by atoms with Crippen LogP contribution in [0.1, 0.15) is 43.0 Å². The number of nitrogens with zero attached hydrogens (tertiary/aromatic N) is 1. The summed E-state index contributed by atoms with van der Waals surface area (Å²) in [6.07, 6.45) is 4.36. The number of hydrogen-bond acceptors (Lipinski definition) is 5. The molecule has 1 aliphatic carbocycles. The monoisotopic (exact) mass is 396 g/mol. The summed E-state index contributed by atoms with van der Waals surface area (Å²) in [5.74, 6) is 0.427. The van der Waals surface area contributed by atoms with Crippen molar-refractivity contribution in [3.05, 3.63) is 23.8 Å². The molecule has 1 saturated carbocycles. The molecule has 7 nitrogen and oxygen atoms in total. The van der Waals surface area contributed by atoms with Crippen molar-refractivity contribution in [1.29, 1.82) is 0 Å². The van der Waals surface area contributed by atoms with Gasteiger partial charge in [0.1, 0.15) is 10.6 Å². The highest BCUT2D eigenvalue weighted by Gasteiger charge is 2.30. The molecule has 0 unspecified atom stereocenters. The van der Waals surface area contributed by atoms with E-state index in [0.29, 0.717) is 37.8 Å². The molecule has 1 heterocycles. The van der Waals surface area contributed by atoms with Crippen molar-refractivity contribution in [3.63, 3.8) is 0 Å². The highest BCUT2D eigenvalue weighted by atomic mass is 32.2. The van der Waals surface area contributed by atoms with Gasteiger partial charge in [-0.15, -0.1) is 0 Å². The van der Waals surface area contributed by atoms with E-state index in [9.17, 15) is 13.2 Å². The number of sulfonamides is 1. The van der Waals surface area contributed by atoms with Gasteiger partial charge < -0.3 is 14.8 Å². The maximum Gasteiger partial charge on any atom is 0.251 e. The van der Waals surface area contributed by atoms with Crippen molar-refractivity contribution in [3.8, 4) is 5.75 Å². The fourth-order valence-corrected chi connectivity index (χ4v) is 5.32. The number of hydrogen-bond donors (Lipinski definition) is 1. The lowest BCUT2D eigenvalue weighted by Gasteiger charge is -2.29. The summed E-state index contributed by atoms with van der Waals surface area (Å²) in [6, 6.07) is 4.71. The van der Waals surface area contributed by atoms with E-state index >= 15 is 0 Å². The van der Waals surface area contributed by atoms with E-state index in [1.54, 1.807) is 12.1 Å². The smallest absolute Gasteiger partial charge is 0.251 e. The fourth-order valence-electron chi connectivity index (χ4n) is 3.73. The Balaban J connectivity index is 1.85. The number of carbonyl (C=O) groups is 1. The number of morpholine rings is 1. The molecule has 0 bridgehead atoms. The molecule has 3 rings (SSSR count). The number of nitrogens with one attached hydrogen (secondary N) is 1. The van der Waals surface area contributed by atoms with Crippen LogP contribution in [0.3, 0.4) is 0 Å². The van der Waals surface area contributed by atoms with Gasteiger partial charge in [-0.2, -0.15) is 4.31 Å². The van der Waals surface area contributed by atoms with Gasteiger partial charge in [0.2, 0.25) is 10.0 Å². The maximum atomic E-state index is 13.0. The zero-order chi connectivity index (χ0) is 19.4. The predicted molar refractivity (Wildman–Crippen MR) is 101 cm³/mol. The number of rotatable bonds is 5. The molecular weight excluding hydrogens is 368 g/mol. The van der Waals surface area contributed by atoms with Crippen molar-refractivity contribution in [2.45, 2.75) is 43.5 Å². The summed E-state index contributed by atoms with van der Waals surface area (Å²) in [5.41, 5.74) is 0.334. The number of carbonyl (C=O) groups excluding carboxylic acids is 1. The topological polar surface area (TPSA) is 84.9 Å². The van der Waals surface area contributed by atoms with Gasteiger partial charge >= 0.3 is 0 Å². The number of amides is 1. The van der Waals surface area contributed by atoms with Gasteiger partial charge in [0.15, 0.2) is 0 Å². The Morgan fingerprint density at radius 1 is 1.22 bits per heavy atom. The van der Waals surface area contributed by atoms with Crippen LogP contribution in [0.25, 0.3) is 0 Å². The third kappa shape index (κ3) is 4.44. The second kappa shape index (κ2) is 8.58. The van der Waals surface area contributed by atoms with E-state index in [2.05, 4.69) is 12.2 Å². The summed E-state index contributed by atoms with van der Waals surface area (Å²) in [7, 11) is -2.33. The van der Waals surface area contributed by atoms with Crippen LogP contribution in [0.15, 0.2) is 23.1 Å². The normalized spacial score (nSPS) is 24.4. The zero-order valence-corrected chi connectivity index (χ0v) is 16.8. The molecule has 0 spiro atoms. The van der Waals surface area contributed by atoms with Gasteiger partial charge in [0.25, 0.3) is 5.91 Å². The van der Waals surface area contributed by atoms with Crippen LogP contribution in [0.2, 0.25) is 0 Å². The first-order valence-electron chi connectivity index (χ1n) is 9.50. The molecule has 2 aliphatic rings. The molecule has 150 valence electrons. The first-order valence-corrected chi connectivity index (χ1v) is 10.9. The zero-order valence-electron chi connectivity index (χ0n) is 15.9. The Labute approximate surface area is 161 Å². The molecular formula is C19H28N2O5S. The van der Waals surface area contributed by atoms with Crippen molar-refractivity contribution < 1.29 is 22.7 Å². The van der Waals surface area contributed by atoms with E-state index in [0.717, 1.165) is 19.3 Å². The first kappa shape index (κ1) is 20.1. The Morgan fingerprint density at radius 2 is 1.93 bits per heavy atom. The summed E-state index contributed by atoms with van der Waals surface area (Å²) in [4.78, 5) is 12.8. The summed E-state index contributed by atoms with van der Waals surface area (Å²) >= 11 is 0. The third-order valence-corrected chi connectivity index (χ3v) is 7.36. The lowest BCUT2D eigenvalue weighted by molar-refractivity contribution is 0.0729. The molecule has 0 radical (unpaired) electrons. The van der Waals surface area contributed by atoms with Gasteiger partial charge in [-0.1, -0.05) is 19.8 Å². The van der Waals surface area contributed by atoms with Crippen molar-refractivity contribution >= 4 is 15.9 Å². The minimum atomic E-state index is -3.76. The van der Waals surface area contributed by atoms with Crippen LogP contribution in [0.5, 0.6) is 5.75 Å². The van der Waals surface area contributed by atoms with Gasteiger partial charge in [0, 0.05) is 24.7 Å². The minimum Gasteiger partial charge on any atom is -0.495 e. The second-order valence-corrected chi connectivity index (χ2v) is 9.13. The predicted octanol–water partition coefficient (Wildman–Crippen LogP) is 2.02. The van der Waals surface area contributed by atoms with Crippen LogP contribution < -0.4 is 10.1 Å². The molecule has 1 amide bonds. The van der Waals surface area contributed by atoms with Crippen LogP contribution in [-0.2, 0) is 14.8 Å². The molecule has 0 aromatic heterocycles. The Bertz CT molecular complexity index is 774. The van der Waals surface area contributed by atoms with Crippen LogP contribution in [0, 0.1) is 5.92 Å². The third-order valence-electron chi connectivity index (χ3n) is 5.44. The molecule has 2 fully saturated rings. The van der Waals surface area contributed by atoms with Crippen LogP contribution >= 0.6 is 0 Å². The summed E-state index contributed by atoms with van der Waals surface area (Å²) < 4.78 is 38.0. The lowest BCUT2D eigenvalue weighted by atomic mass is 9.86. The quantitative estimate of drug-likeness (QED) is 0.823. The van der Waals surface area contributed by atoms with E-state index in [1.807, 2.05) is 0 Å². The molecule has 1 aliphatic heterocycles. The largest absolute Gasteiger partial charge is 0.495 e. The molecule has 1 aromatic rings. The fraction of sp³-hybridized carbons (Fsp3) is 0.632. The van der Waals surface area contributed by atoms with E-state index < -0.39 is 10.0 Å². The first-order chi connectivity index (χ1) is 12.9. The van der Waals surface area contributed by atoms with E-state index in [4.69, 9.17) is 9.47 Å². The van der Waals surface area contributed by atoms with E-state index in [-0.39, 0.29) is 22.6 Å². The average Bonchev–Trinajstić information content (AvgIpc) is 2.69. The molecule has 2 atom stereocenters. The summed E-state index contributed by atoms with van der Waals surface area (Å²) in [6.45, 7) is 3.46. The van der Waals surface area contributed by atoms with Crippen LogP contribution in [0.4, 0.5) is 0 Å². The second-order valence-electron chi connectivity index (χ2n) is 7.22. The van der Waals surface area contributed by atoms with E-state index in [1.165, 1.54) is 23.9 Å². The van der Waals surface area contributed by atoms with Gasteiger partial charge in [-0.3, -0.25) is 4.79 Å². The molecule has 27 heavy (non-hydrogen) atoms. The average molecular weight is 397 g/mol. The maximum absolute atomic E-state index is 13.0. The van der Waals surface area contributed by atoms with Gasteiger partial charge in [0.05, 0.1) is 20.3 Å². The standard InChI is InChI=1S/C19H28N2O5S/c1-14-5-3-4-6-16(14)20-19(22)15-7-8-17(25-2)18(13-15)27(23,24)21-9-11-26-12-10-21/h7-8,13-14,16H,3-6,9-12H2,1-2H3,(H,20,22)/t14-,16-/m0/s1. The molecule has 1 saturated heterocycles. The van der Waals surface area contributed by atoms with Crippen molar-refractivity contribution in [2.75, 3.05) is 33.4 Å². The van der Waals surface area contributed by atoms with Crippen LogP contribution in [-0.4, -0.2) is 58.1 Å². The van der Waals surface area contributed by atoms with Crippen molar-refractivity contribution in [2.24, 2.45) is 5.92 Å². The summed E-state index contributed by atoms with van der Waals surface area (Å²) in [5, 5.41) is 3.07. The van der Waals surface area contributed by atoms with Gasteiger partial charge in [-0.05, 0) is 37.0 Å². The Morgan fingerprint density at radius 3 is 2.59 bits per heavy atom. The lowest BCUT2D eigenvalue weighted by Crippen LogP contribution is -2.41. The molecule has 1 N–H and O–H groups in total. The number of ether oxygens (including phenoxy) is 2. The number of benzene rings is 1. The molecule has 1 aromatic carbocycles. The SMILES string of the molecule is COc1ccc(C(=O)N[C@H]2CCCC[C@@H]2C)cc1S(=O)(=O)N1CCOCC1.